The van der Waals surface area contributed by atoms with Gasteiger partial charge in [0.2, 0.25) is 0 Å². The fourth-order valence-corrected chi connectivity index (χ4v) is 8.60. The molecule has 6 nitrogen and oxygen atoms in total. The van der Waals surface area contributed by atoms with Gasteiger partial charge in [-0.05, 0) is 94.0 Å². The third-order valence-electron chi connectivity index (χ3n) is 10.4. The Balaban J connectivity index is 1.31. The van der Waals surface area contributed by atoms with E-state index in [-0.39, 0.29) is 11.3 Å². The number of Topliss-reactive ketones (excluding diaryl/α,β-unsaturated/α-hetero) is 1. The second kappa shape index (κ2) is 9.07. The van der Waals surface area contributed by atoms with Crippen LogP contribution in [-0.4, -0.2) is 67.6 Å². The summed E-state index contributed by atoms with van der Waals surface area (Å²) < 4.78 is 18.1. The zero-order chi connectivity index (χ0) is 25.1. The van der Waals surface area contributed by atoms with Crippen LogP contribution in [0.2, 0.25) is 0 Å². The SMILES string of the molecule is CN(C)CCOC1=CCC([C@@H]2C[C@]3(C)C(=O)CCC3C3CC[C@]4(O)CC5(CCC4=C32)OCCO5)C=C1. The van der Waals surface area contributed by atoms with E-state index in [9.17, 15) is 9.90 Å². The third kappa shape index (κ3) is 4.03. The number of fused-ring (bicyclic) bond motifs is 4. The number of likely N-dealkylation sites (N-methyl/N-ethyl adjacent to an activating group) is 1. The molecule has 0 radical (unpaired) electrons. The van der Waals surface area contributed by atoms with E-state index in [1.54, 1.807) is 0 Å². The molecule has 6 atom stereocenters. The second-order valence-corrected chi connectivity index (χ2v) is 12.7. The Hall–Kier alpha value is -1.47. The Bertz CT molecular complexity index is 991. The summed E-state index contributed by atoms with van der Waals surface area (Å²) in [5, 5.41) is 12.1. The van der Waals surface area contributed by atoms with Crippen LogP contribution in [0.4, 0.5) is 0 Å². The Morgan fingerprint density at radius 3 is 2.67 bits per heavy atom. The van der Waals surface area contributed by atoms with Crippen molar-refractivity contribution in [3.63, 3.8) is 0 Å². The zero-order valence-electron chi connectivity index (χ0n) is 22.3. The van der Waals surface area contributed by atoms with Gasteiger partial charge in [-0.1, -0.05) is 18.6 Å². The number of aliphatic hydroxyl groups is 1. The number of hydrogen-bond donors (Lipinski definition) is 1. The molecule has 0 aromatic rings. The van der Waals surface area contributed by atoms with Crippen LogP contribution in [0.15, 0.2) is 35.1 Å². The summed E-state index contributed by atoms with van der Waals surface area (Å²) in [6, 6.07) is 0. The molecule has 1 saturated heterocycles. The van der Waals surface area contributed by atoms with E-state index in [1.807, 2.05) is 0 Å². The van der Waals surface area contributed by atoms with Crippen LogP contribution < -0.4 is 0 Å². The van der Waals surface area contributed by atoms with Crippen molar-refractivity contribution in [3.8, 4) is 0 Å². The smallest absolute Gasteiger partial charge is 0.171 e. The largest absolute Gasteiger partial charge is 0.493 e. The highest BCUT2D eigenvalue weighted by atomic mass is 16.7. The molecular formula is C30H43NO5. The Morgan fingerprint density at radius 1 is 1.14 bits per heavy atom. The average molecular weight is 498 g/mol. The van der Waals surface area contributed by atoms with Gasteiger partial charge in [0.15, 0.2) is 5.79 Å². The quantitative estimate of drug-likeness (QED) is 0.568. The number of ketones is 1. The van der Waals surface area contributed by atoms with Gasteiger partial charge in [0.1, 0.15) is 18.1 Å². The van der Waals surface area contributed by atoms with Gasteiger partial charge in [-0.25, -0.2) is 0 Å². The van der Waals surface area contributed by atoms with Gasteiger partial charge < -0.3 is 24.2 Å². The van der Waals surface area contributed by atoms with Crippen molar-refractivity contribution in [1.82, 2.24) is 4.90 Å². The molecule has 1 spiro atoms. The van der Waals surface area contributed by atoms with Gasteiger partial charge in [0.25, 0.3) is 0 Å². The Kier molecular flexibility index (Phi) is 6.26. The van der Waals surface area contributed by atoms with Crippen molar-refractivity contribution in [3.05, 3.63) is 35.1 Å². The maximum atomic E-state index is 13.2. The number of rotatable bonds is 5. The van der Waals surface area contributed by atoms with Crippen molar-refractivity contribution in [1.29, 1.82) is 0 Å². The molecule has 0 aromatic carbocycles. The van der Waals surface area contributed by atoms with Gasteiger partial charge >= 0.3 is 0 Å². The van der Waals surface area contributed by atoms with Crippen LogP contribution in [0.3, 0.4) is 0 Å². The maximum Gasteiger partial charge on any atom is 0.171 e. The van der Waals surface area contributed by atoms with E-state index in [0.717, 1.165) is 57.2 Å². The van der Waals surface area contributed by atoms with Crippen LogP contribution >= 0.6 is 0 Å². The van der Waals surface area contributed by atoms with Crippen molar-refractivity contribution in [2.45, 2.75) is 76.1 Å². The fourth-order valence-electron chi connectivity index (χ4n) is 8.60. The monoisotopic (exact) mass is 497 g/mol. The van der Waals surface area contributed by atoms with E-state index in [0.29, 0.717) is 56.2 Å². The highest BCUT2D eigenvalue weighted by Gasteiger charge is 2.61. The molecule has 4 fully saturated rings. The minimum atomic E-state index is -0.850. The number of ether oxygens (including phenoxy) is 3. The minimum Gasteiger partial charge on any atom is -0.493 e. The number of carbonyl (C=O) groups excluding carboxylic acids is 1. The first-order valence-corrected chi connectivity index (χ1v) is 14.2. The van der Waals surface area contributed by atoms with Crippen LogP contribution in [0.25, 0.3) is 0 Å². The normalized spacial score (nSPS) is 41.4. The Labute approximate surface area is 215 Å². The summed E-state index contributed by atoms with van der Waals surface area (Å²) in [5.41, 5.74) is 1.68. The highest BCUT2D eigenvalue weighted by Crippen LogP contribution is 2.64. The van der Waals surface area contributed by atoms with Crippen molar-refractivity contribution in [2.24, 2.45) is 29.1 Å². The summed E-state index contributed by atoms with van der Waals surface area (Å²) in [6.45, 7) is 5.06. The number of allylic oxidation sites excluding steroid dienone is 4. The Morgan fingerprint density at radius 2 is 1.94 bits per heavy atom. The molecule has 1 heterocycles. The molecule has 198 valence electrons. The first-order chi connectivity index (χ1) is 17.2. The molecule has 1 aliphatic heterocycles. The van der Waals surface area contributed by atoms with Crippen LogP contribution in [0, 0.1) is 29.1 Å². The van der Waals surface area contributed by atoms with E-state index in [1.165, 1.54) is 11.1 Å². The first kappa shape index (κ1) is 24.8. The fraction of sp³-hybridized carbons (Fsp3) is 0.767. The molecule has 6 rings (SSSR count). The van der Waals surface area contributed by atoms with Gasteiger partial charge in [-0.15, -0.1) is 0 Å². The van der Waals surface area contributed by atoms with Crippen LogP contribution in [-0.2, 0) is 19.0 Å². The lowest BCUT2D eigenvalue weighted by molar-refractivity contribution is -0.208. The molecule has 5 aliphatic carbocycles. The predicted molar refractivity (Wildman–Crippen MR) is 137 cm³/mol. The van der Waals surface area contributed by atoms with Gasteiger partial charge in [0.05, 0.1) is 18.8 Å². The number of carbonyl (C=O) groups is 1. The van der Waals surface area contributed by atoms with Gasteiger partial charge in [-0.3, -0.25) is 4.79 Å². The number of nitrogens with zero attached hydrogens (tertiary/aromatic N) is 1. The molecule has 3 unspecified atom stereocenters. The van der Waals surface area contributed by atoms with Crippen molar-refractivity contribution < 1.29 is 24.1 Å². The molecule has 0 aromatic heterocycles. The third-order valence-corrected chi connectivity index (χ3v) is 10.4. The summed E-state index contributed by atoms with van der Waals surface area (Å²) in [4.78, 5) is 15.3. The highest BCUT2D eigenvalue weighted by molar-refractivity contribution is 5.87. The van der Waals surface area contributed by atoms with Crippen LogP contribution in [0.1, 0.15) is 64.7 Å². The molecular weight excluding hydrogens is 454 g/mol. The second-order valence-electron chi connectivity index (χ2n) is 12.7. The standard InChI is InChI=1S/C30H43NO5/c1-28-18-23(20-4-6-21(7-5-20)34-15-14-31(2)3)27-22(24(28)8-9-26(28)32)10-12-29(33)19-30(13-11-25(27)29)35-16-17-36-30/h4,6-7,20,22-24,33H,5,8-19H2,1-3H3/t20?,22?,23-,24?,28-,29-/m0/s1. The van der Waals surface area contributed by atoms with Gasteiger partial charge in [0, 0.05) is 31.2 Å². The molecule has 36 heavy (non-hydrogen) atoms. The van der Waals surface area contributed by atoms with E-state index in [2.05, 4.69) is 44.1 Å². The molecule has 0 bridgehead atoms. The summed E-state index contributed by atoms with van der Waals surface area (Å²) in [5.74, 6) is 2.24. The number of hydrogen-bond acceptors (Lipinski definition) is 6. The first-order valence-electron chi connectivity index (χ1n) is 14.2. The van der Waals surface area contributed by atoms with E-state index >= 15 is 0 Å². The maximum absolute atomic E-state index is 13.2. The van der Waals surface area contributed by atoms with E-state index < -0.39 is 11.4 Å². The average Bonchev–Trinajstić information content (AvgIpc) is 3.41. The molecule has 6 heteroatoms. The summed E-state index contributed by atoms with van der Waals surface area (Å²) >= 11 is 0. The van der Waals surface area contributed by atoms with Crippen molar-refractivity contribution >= 4 is 5.78 Å². The lowest BCUT2D eigenvalue weighted by atomic mass is 9.50. The minimum absolute atomic E-state index is 0.234. The van der Waals surface area contributed by atoms with Crippen molar-refractivity contribution in [2.75, 3.05) is 40.5 Å². The molecule has 3 saturated carbocycles. The van der Waals surface area contributed by atoms with Crippen LogP contribution in [0.5, 0.6) is 0 Å². The van der Waals surface area contributed by atoms with E-state index in [4.69, 9.17) is 14.2 Å². The molecule has 0 amide bonds. The summed E-state index contributed by atoms with van der Waals surface area (Å²) in [7, 11) is 4.11. The zero-order valence-corrected chi connectivity index (χ0v) is 22.3. The predicted octanol–water partition coefficient (Wildman–Crippen LogP) is 4.39. The van der Waals surface area contributed by atoms with Gasteiger partial charge in [-0.2, -0.15) is 0 Å². The topological polar surface area (TPSA) is 68.2 Å². The lowest BCUT2D eigenvalue weighted by Gasteiger charge is -2.56. The summed E-state index contributed by atoms with van der Waals surface area (Å²) in [6.07, 6.45) is 14.1. The lowest BCUT2D eigenvalue weighted by Crippen LogP contribution is -2.54. The molecule has 1 N–H and O–H groups in total. The molecule has 6 aliphatic rings.